The smallest absolute Gasteiger partial charge is 0.238 e. The van der Waals surface area contributed by atoms with Gasteiger partial charge in [0.15, 0.2) is 0 Å². The van der Waals surface area contributed by atoms with E-state index in [9.17, 15) is 4.79 Å². The summed E-state index contributed by atoms with van der Waals surface area (Å²) in [6.07, 6.45) is 5.10. The third-order valence-corrected chi connectivity index (χ3v) is 5.09. The number of nitrogens with zero attached hydrogens (tertiary/aromatic N) is 4. The lowest BCUT2D eigenvalue weighted by Crippen LogP contribution is -2.53. The van der Waals surface area contributed by atoms with E-state index in [2.05, 4.69) is 20.3 Å². The highest BCUT2D eigenvalue weighted by molar-refractivity contribution is 6.07. The van der Waals surface area contributed by atoms with Crippen molar-refractivity contribution in [2.24, 2.45) is 0 Å². The molecule has 0 radical (unpaired) electrons. The summed E-state index contributed by atoms with van der Waals surface area (Å²) in [4.78, 5) is 27.7. The van der Waals surface area contributed by atoms with Crippen molar-refractivity contribution in [3.05, 3.63) is 36.2 Å². The number of nitrogens with one attached hydrogen (secondary N) is 1. The molecule has 1 amide bonds. The van der Waals surface area contributed by atoms with Crippen molar-refractivity contribution in [1.82, 2.24) is 15.0 Å². The van der Waals surface area contributed by atoms with Crippen LogP contribution < -0.4 is 15.0 Å². The van der Waals surface area contributed by atoms with E-state index in [1.165, 1.54) is 0 Å². The summed E-state index contributed by atoms with van der Waals surface area (Å²) in [7, 11) is 1.58. The maximum Gasteiger partial charge on any atom is 0.238 e. The average molecular weight is 339 g/mol. The largest absolute Gasteiger partial charge is 0.481 e. The molecule has 1 saturated carbocycles. The summed E-state index contributed by atoms with van der Waals surface area (Å²) in [6.45, 7) is 3.93. The van der Waals surface area contributed by atoms with Crippen LogP contribution in [0.4, 0.5) is 11.8 Å². The molecule has 2 aliphatic rings. The minimum atomic E-state index is -0.516. The Morgan fingerprint density at radius 3 is 2.80 bits per heavy atom. The molecular weight excluding hydrogens is 318 g/mol. The number of fused-ring (bicyclic) bond motifs is 1. The van der Waals surface area contributed by atoms with Crippen LogP contribution >= 0.6 is 0 Å². The molecule has 25 heavy (non-hydrogen) atoms. The number of rotatable bonds is 4. The third kappa shape index (κ3) is 2.50. The number of carbonyl (C=O) groups excluding carboxylic acids is 1. The fourth-order valence-corrected chi connectivity index (χ4v) is 3.55. The molecule has 0 saturated heterocycles. The van der Waals surface area contributed by atoms with Gasteiger partial charge >= 0.3 is 0 Å². The second-order valence-electron chi connectivity index (χ2n) is 7.06. The molecule has 0 unspecified atom stereocenters. The molecular formula is C18H21N5O2. The van der Waals surface area contributed by atoms with Crippen molar-refractivity contribution < 1.29 is 9.53 Å². The van der Waals surface area contributed by atoms with Gasteiger partial charge in [-0.1, -0.05) is 6.07 Å². The fourth-order valence-electron chi connectivity index (χ4n) is 3.55. The lowest BCUT2D eigenvalue weighted by molar-refractivity contribution is -0.122. The van der Waals surface area contributed by atoms with Crippen molar-refractivity contribution in [1.29, 1.82) is 0 Å². The second-order valence-corrected chi connectivity index (χ2v) is 7.06. The van der Waals surface area contributed by atoms with Crippen LogP contribution in [0, 0.1) is 0 Å². The molecule has 2 aromatic rings. The summed E-state index contributed by atoms with van der Waals surface area (Å²) in [6, 6.07) is 6.00. The van der Waals surface area contributed by atoms with Gasteiger partial charge < -0.3 is 10.1 Å². The number of ether oxygens (including phenoxy) is 1. The predicted molar refractivity (Wildman–Crippen MR) is 93.8 cm³/mol. The van der Waals surface area contributed by atoms with E-state index >= 15 is 0 Å². The van der Waals surface area contributed by atoms with Crippen molar-refractivity contribution in [2.75, 3.05) is 17.3 Å². The molecule has 1 aliphatic heterocycles. The van der Waals surface area contributed by atoms with Gasteiger partial charge in [-0.15, -0.1) is 0 Å². The number of methoxy groups -OCH3 is 1. The minimum Gasteiger partial charge on any atom is -0.481 e. The Morgan fingerprint density at radius 1 is 1.24 bits per heavy atom. The molecule has 0 bridgehead atoms. The maximum absolute atomic E-state index is 12.9. The average Bonchev–Trinajstić information content (AvgIpc) is 2.78. The van der Waals surface area contributed by atoms with Gasteiger partial charge in [-0.2, -0.15) is 4.98 Å². The molecule has 0 aromatic carbocycles. The van der Waals surface area contributed by atoms with Crippen molar-refractivity contribution in [2.45, 2.75) is 44.2 Å². The summed E-state index contributed by atoms with van der Waals surface area (Å²) >= 11 is 0. The van der Waals surface area contributed by atoms with Crippen molar-refractivity contribution in [3.8, 4) is 5.88 Å². The Bertz CT molecular complexity index is 817. The minimum absolute atomic E-state index is 0.127. The van der Waals surface area contributed by atoms with E-state index in [1.54, 1.807) is 25.6 Å². The van der Waals surface area contributed by atoms with E-state index in [0.717, 1.165) is 24.2 Å². The van der Waals surface area contributed by atoms with Gasteiger partial charge in [-0.05, 0) is 32.8 Å². The number of hydrogen-bond donors (Lipinski definition) is 1. The molecule has 1 fully saturated rings. The summed E-state index contributed by atoms with van der Waals surface area (Å²) in [5.41, 5.74) is 0.491. The molecule has 4 rings (SSSR count). The van der Waals surface area contributed by atoms with Crippen LogP contribution in [0.3, 0.4) is 0 Å². The first-order valence-corrected chi connectivity index (χ1v) is 8.43. The van der Waals surface area contributed by atoms with Crippen LogP contribution in [0.25, 0.3) is 0 Å². The number of amides is 1. The Balaban J connectivity index is 1.46. The van der Waals surface area contributed by atoms with E-state index in [4.69, 9.17) is 4.74 Å². The summed E-state index contributed by atoms with van der Waals surface area (Å²) < 4.78 is 5.11. The van der Waals surface area contributed by atoms with Gasteiger partial charge in [0, 0.05) is 36.1 Å². The molecule has 0 atom stereocenters. The molecule has 130 valence electrons. The van der Waals surface area contributed by atoms with E-state index in [-0.39, 0.29) is 18.0 Å². The van der Waals surface area contributed by atoms with Crippen LogP contribution in [-0.2, 0) is 10.2 Å². The monoisotopic (exact) mass is 339 g/mol. The second kappa shape index (κ2) is 5.68. The van der Waals surface area contributed by atoms with Crippen LogP contribution in [-0.4, -0.2) is 40.1 Å². The molecule has 0 spiro atoms. The number of hydrogen-bond acceptors (Lipinski definition) is 6. The van der Waals surface area contributed by atoms with E-state index in [0.29, 0.717) is 11.8 Å². The molecule has 7 nitrogen and oxygen atoms in total. The molecule has 3 heterocycles. The van der Waals surface area contributed by atoms with Crippen LogP contribution in [0.15, 0.2) is 30.6 Å². The molecule has 2 aromatic heterocycles. The quantitative estimate of drug-likeness (QED) is 0.919. The standard InChI is InChI=1S/C18H21N5O2/c1-18(2)13-5-4-7-19-15(13)23(16(18)24)12-9-11(10-12)21-17-20-8-6-14(22-17)25-3/h4-8,11-12H,9-10H2,1-3H3,(H,20,21,22). The number of carbonyl (C=O) groups is 1. The van der Waals surface area contributed by atoms with E-state index in [1.807, 2.05) is 30.9 Å². The number of aromatic nitrogens is 3. The van der Waals surface area contributed by atoms with Gasteiger partial charge in [-0.3, -0.25) is 9.69 Å². The first kappa shape index (κ1) is 15.8. The lowest BCUT2D eigenvalue weighted by Gasteiger charge is -2.41. The molecule has 1 N–H and O–H groups in total. The summed E-state index contributed by atoms with van der Waals surface area (Å²) in [5, 5.41) is 3.31. The molecule has 7 heteroatoms. The Kier molecular flexibility index (Phi) is 3.59. The van der Waals surface area contributed by atoms with Gasteiger partial charge in [0.05, 0.1) is 12.5 Å². The number of anilines is 2. The zero-order chi connectivity index (χ0) is 17.6. The van der Waals surface area contributed by atoms with Crippen molar-refractivity contribution in [3.63, 3.8) is 0 Å². The molecule has 1 aliphatic carbocycles. The van der Waals surface area contributed by atoms with Crippen molar-refractivity contribution >= 4 is 17.7 Å². The van der Waals surface area contributed by atoms with Gasteiger partial charge in [0.25, 0.3) is 0 Å². The Labute approximate surface area is 146 Å². The van der Waals surface area contributed by atoms with Crippen LogP contribution in [0.1, 0.15) is 32.3 Å². The normalized spacial score (nSPS) is 23.8. The highest BCUT2D eigenvalue weighted by Gasteiger charge is 2.50. The van der Waals surface area contributed by atoms with Gasteiger partial charge in [0.1, 0.15) is 5.82 Å². The highest BCUT2D eigenvalue weighted by atomic mass is 16.5. The zero-order valence-corrected chi connectivity index (χ0v) is 14.6. The van der Waals surface area contributed by atoms with Crippen LogP contribution in [0.5, 0.6) is 5.88 Å². The number of pyridine rings is 1. The van der Waals surface area contributed by atoms with E-state index < -0.39 is 5.41 Å². The first-order chi connectivity index (χ1) is 12.0. The Hall–Kier alpha value is -2.70. The Morgan fingerprint density at radius 2 is 2.04 bits per heavy atom. The maximum atomic E-state index is 12.9. The van der Waals surface area contributed by atoms with Gasteiger partial charge in [0.2, 0.25) is 17.7 Å². The SMILES string of the molecule is COc1ccnc(NC2CC(N3C(=O)C(C)(C)c4cccnc43)C2)n1. The van der Waals surface area contributed by atoms with Crippen LogP contribution in [0.2, 0.25) is 0 Å². The fraction of sp³-hybridized carbons (Fsp3) is 0.444. The topological polar surface area (TPSA) is 80.2 Å². The lowest BCUT2D eigenvalue weighted by atomic mass is 9.84. The highest BCUT2D eigenvalue weighted by Crippen LogP contribution is 2.44. The third-order valence-electron chi connectivity index (χ3n) is 5.09. The predicted octanol–water partition coefficient (Wildman–Crippen LogP) is 2.15. The first-order valence-electron chi connectivity index (χ1n) is 8.43. The van der Waals surface area contributed by atoms with Gasteiger partial charge in [-0.25, -0.2) is 9.97 Å². The zero-order valence-electron chi connectivity index (χ0n) is 14.6. The summed E-state index contributed by atoms with van der Waals surface area (Å²) in [5.74, 6) is 2.01.